The van der Waals surface area contributed by atoms with Gasteiger partial charge in [0.05, 0.1) is 0 Å². The molecule has 0 saturated carbocycles. The molecular weight excluding hydrogens is 127 g/mol. The molecule has 0 aliphatic rings. The average Bonchev–Trinajstić information content (AvgIpc) is 1.86. The van der Waals surface area contributed by atoms with Gasteiger partial charge in [-0.25, -0.2) is 0 Å². The summed E-state index contributed by atoms with van der Waals surface area (Å²) in [6.45, 7) is 0. The van der Waals surface area contributed by atoms with Crippen LogP contribution in [0.3, 0.4) is 0 Å². The molecule has 0 fully saturated rings. The van der Waals surface area contributed by atoms with Crippen molar-refractivity contribution in [3.8, 4) is 0 Å². The summed E-state index contributed by atoms with van der Waals surface area (Å²) in [5.41, 5.74) is 0. The van der Waals surface area contributed by atoms with Gasteiger partial charge in [0.15, 0.2) is 0 Å². The van der Waals surface area contributed by atoms with Gasteiger partial charge in [0.1, 0.15) is 0 Å². The first-order valence-electron chi connectivity index (χ1n) is 1.73. The van der Waals surface area contributed by atoms with Crippen LogP contribution in [0, 0.1) is 6.20 Å². The Labute approximate surface area is 54.4 Å². The van der Waals surface area contributed by atoms with Gasteiger partial charge in [0.2, 0.25) is 0 Å². The largest absolute Gasteiger partial charge is 0.503 e. The first kappa shape index (κ1) is 6.79. The Balaban J connectivity index is 0.000000360. The second-order valence-electron chi connectivity index (χ2n) is 1.13. The standard InChI is InChI=1S/C4H5N2.V/c1-6-3-2-5-4-6;/h2,4H,1H3;/q-1;. The van der Waals surface area contributed by atoms with Gasteiger partial charge < -0.3 is 9.55 Å². The van der Waals surface area contributed by atoms with Crippen molar-refractivity contribution in [3.05, 3.63) is 18.7 Å². The molecule has 0 amide bonds. The number of nitrogens with zero attached hydrogens (tertiary/aromatic N) is 2. The van der Waals surface area contributed by atoms with E-state index in [0.717, 1.165) is 0 Å². The molecule has 2 nitrogen and oxygen atoms in total. The molecule has 0 saturated heterocycles. The average molecular weight is 132 g/mol. The first-order chi connectivity index (χ1) is 2.89. The maximum atomic E-state index is 3.73. The summed E-state index contributed by atoms with van der Waals surface area (Å²) in [7, 11) is 1.88. The van der Waals surface area contributed by atoms with E-state index in [4.69, 9.17) is 0 Å². The number of hydrogen-bond acceptors (Lipinski definition) is 1. The van der Waals surface area contributed by atoms with Crippen molar-refractivity contribution in [2.75, 3.05) is 0 Å². The van der Waals surface area contributed by atoms with Crippen LogP contribution < -0.4 is 0 Å². The van der Waals surface area contributed by atoms with Crippen molar-refractivity contribution in [2.45, 2.75) is 0 Å². The number of aryl methyl sites for hydroxylation is 1. The molecule has 0 atom stereocenters. The Kier molecular flexibility index (Phi) is 2.80. The Morgan fingerprint density at radius 1 is 1.71 bits per heavy atom. The van der Waals surface area contributed by atoms with E-state index in [1.807, 2.05) is 7.05 Å². The van der Waals surface area contributed by atoms with E-state index in [-0.39, 0.29) is 18.6 Å². The van der Waals surface area contributed by atoms with Gasteiger partial charge in [0.25, 0.3) is 0 Å². The Bertz CT molecular complexity index is 113. The van der Waals surface area contributed by atoms with Crippen LogP contribution in [0.15, 0.2) is 12.5 Å². The molecule has 0 aromatic carbocycles. The topological polar surface area (TPSA) is 17.8 Å². The predicted molar refractivity (Wildman–Crippen MR) is 22.0 cm³/mol. The monoisotopic (exact) mass is 132 g/mol. The van der Waals surface area contributed by atoms with Crippen LogP contribution in [-0.2, 0) is 25.6 Å². The zero-order valence-electron chi connectivity index (χ0n) is 4.00. The summed E-state index contributed by atoms with van der Waals surface area (Å²) in [4.78, 5) is 3.73. The van der Waals surface area contributed by atoms with Crippen LogP contribution in [0.2, 0.25) is 0 Å². The SMILES string of the molecule is Cn1[c-]cnc1.[V]. The minimum atomic E-state index is 0. The maximum absolute atomic E-state index is 3.73. The summed E-state index contributed by atoms with van der Waals surface area (Å²) in [6, 6.07) is 0. The number of rotatable bonds is 0. The zero-order valence-corrected chi connectivity index (χ0v) is 5.39. The molecule has 1 aromatic heterocycles. The van der Waals surface area contributed by atoms with Crippen LogP contribution in [-0.4, -0.2) is 9.55 Å². The zero-order chi connectivity index (χ0) is 4.41. The molecule has 37 valence electrons. The molecule has 1 rings (SSSR count). The molecule has 3 heteroatoms. The Morgan fingerprint density at radius 3 is 2.57 bits per heavy atom. The van der Waals surface area contributed by atoms with E-state index in [0.29, 0.717) is 0 Å². The smallest absolute Gasteiger partial charge is 0 e. The first-order valence-corrected chi connectivity index (χ1v) is 1.73. The predicted octanol–water partition coefficient (Wildman–Crippen LogP) is 0.218. The van der Waals surface area contributed by atoms with Crippen molar-refractivity contribution in [3.63, 3.8) is 0 Å². The number of aromatic nitrogens is 2. The van der Waals surface area contributed by atoms with Gasteiger partial charge >= 0.3 is 0 Å². The molecule has 1 heterocycles. The second kappa shape index (κ2) is 2.89. The summed E-state index contributed by atoms with van der Waals surface area (Å²) in [5.74, 6) is 0. The number of imidazole rings is 1. The van der Waals surface area contributed by atoms with Gasteiger partial charge in [0, 0.05) is 18.6 Å². The van der Waals surface area contributed by atoms with Crippen LogP contribution in [0.1, 0.15) is 0 Å². The molecule has 7 heavy (non-hydrogen) atoms. The van der Waals surface area contributed by atoms with E-state index in [9.17, 15) is 0 Å². The van der Waals surface area contributed by atoms with E-state index in [2.05, 4.69) is 11.2 Å². The minimum Gasteiger partial charge on any atom is -0.503 e. The molecule has 1 radical (unpaired) electrons. The third-order valence-electron chi connectivity index (χ3n) is 0.576. The molecule has 0 unspecified atom stereocenters. The van der Waals surface area contributed by atoms with Gasteiger partial charge in [-0.3, -0.25) is 0 Å². The normalized spacial score (nSPS) is 7.57. The Hall–Kier alpha value is -0.206. The van der Waals surface area contributed by atoms with Crippen LogP contribution in [0.5, 0.6) is 0 Å². The molecule has 0 aliphatic heterocycles. The summed E-state index contributed by atoms with van der Waals surface area (Å²) < 4.78 is 1.76. The van der Waals surface area contributed by atoms with Crippen molar-refractivity contribution >= 4 is 0 Å². The quantitative estimate of drug-likeness (QED) is 0.461. The fraction of sp³-hybridized carbons (Fsp3) is 0.250. The number of hydrogen-bond donors (Lipinski definition) is 0. The third kappa shape index (κ3) is 1.81. The fourth-order valence-electron chi connectivity index (χ4n) is 0.291. The summed E-state index contributed by atoms with van der Waals surface area (Å²) in [5, 5.41) is 0. The van der Waals surface area contributed by atoms with Gasteiger partial charge in [-0.1, -0.05) is 12.5 Å². The summed E-state index contributed by atoms with van der Waals surface area (Å²) in [6.07, 6.45) is 6.12. The third-order valence-corrected chi connectivity index (χ3v) is 0.576. The minimum absolute atomic E-state index is 0. The van der Waals surface area contributed by atoms with E-state index >= 15 is 0 Å². The van der Waals surface area contributed by atoms with Gasteiger partial charge in [-0.2, -0.15) is 6.20 Å². The molecule has 0 aliphatic carbocycles. The van der Waals surface area contributed by atoms with Crippen molar-refractivity contribution < 1.29 is 18.6 Å². The van der Waals surface area contributed by atoms with Crippen LogP contribution in [0.25, 0.3) is 0 Å². The van der Waals surface area contributed by atoms with Crippen LogP contribution in [0.4, 0.5) is 0 Å². The molecule has 0 bridgehead atoms. The molecule has 1 aromatic rings. The Morgan fingerprint density at radius 2 is 2.43 bits per heavy atom. The summed E-state index contributed by atoms with van der Waals surface area (Å²) >= 11 is 0. The van der Waals surface area contributed by atoms with Crippen molar-refractivity contribution in [1.82, 2.24) is 9.55 Å². The van der Waals surface area contributed by atoms with E-state index in [1.54, 1.807) is 17.1 Å². The van der Waals surface area contributed by atoms with Crippen molar-refractivity contribution in [1.29, 1.82) is 0 Å². The van der Waals surface area contributed by atoms with Crippen LogP contribution >= 0.6 is 0 Å². The second-order valence-corrected chi connectivity index (χ2v) is 1.13. The maximum Gasteiger partial charge on any atom is 0 e. The van der Waals surface area contributed by atoms with E-state index in [1.165, 1.54) is 0 Å². The molecular formula is C4H5N2V-. The van der Waals surface area contributed by atoms with Gasteiger partial charge in [-0.05, 0) is 7.05 Å². The van der Waals surface area contributed by atoms with E-state index < -0.39 is 0 Å². The fourth-order valence-corrected chi connectivity index (χ4v) is 0.291. The van der Waals surface area contributed by atoms with Crippen molar-refractivity contribution in [2.24, 2.45) is 7.05 Å². The molecule has 0 N–H and O–H groups in total. The molecule has 0 spiro atoms. The van der Waals surface area contributed by atoms with Gasteiger partial charge in [-0.15, -0.1) is 0 Å².